The van der Waals surface area contributed by atoms with E-state index in [1.54, 1.807) is 12.3 Å². The zero-order chi connectivity index (χ0) is 16.7. The summed E-state index contributed by atoms with van der Waals surface area (Å²) >= 11 is 0. The molecule has 0 aliphatic rings. The summed E-state index contributed by atoms with van der Waals surface area (Å²) < 4.78 is 0. The first-order valence-electron chi connectivity index (χ1n) is 7.62. The van der Waals surface area contributed by atoms with Gasteiger partial charge in [0.2, 0.25) is 0 Å². The summed E-state index contributed by atoms with van der Waals surface area (Å²) in [4.78, 5) is 12.0. The van der Waals surface area contributed by atoms with Crippen LogP contribution in [0, 0.1) is 0 Å². The van der Waals surface area contributed by atoms with Gasteiger partial charge < -0.3 is 0 Å². The SMILES string of the molecule is CC(C)(C)c1ccc(C(=O)N/N=C/C=C/c2ccccc2)cc1. The monoisotopic (exact) mass is 306 g/mol. The normalized spacial score (nSPS) is 12.0. The summed E-state index contributed by atoms with van der Waals surface area (Å²) in [7, 11) is 0. The molecule has 1 amide bonds. The van der Waals surface area contributed by atoms with Gasteiger partial charge >= 0.3 is 0 Å². The van der Waals surface area contributed by atoms with Crippen LogP contribution in [0.4, 0.5) is 0 Å². The third kappa shape index (κ3) is 5.22. The molecule has 3 nitrogen and oxygen atoms in total. The van der Waals surface area contributed by atoms with Crippen molar-refractivity contribution >= 4 is 18.2 Å². The zero-order valence-corrected chi connectivity index (χ0v) is 13.8. The highest BCUT2D eigenvalue weighted by molar-refractivity contribution is 5.94. The molecule has 0 radical (unpaired) electrons. The van der Waals surface area contributed by atoms with Gasteiger partial charge in [0.1, 0.15) is 0 Å². The average molecular weight is 306 g/mol. The van der Waals surface area contributed by atoms with E-state index < -0.39 is 0 Å². The summed E-state index contributed by atoms with van der Waals surface area (Å²) in [5.74, 6) is -0.213. The predicted molar refractivity (Wildman–Crippen MR) is 96.6 cm³/mol. The topological polar surface area (TPSA) is 41.5 Å². The molecule has 2 aromatic rings. The third-order valence-electron chi connectivity index (χ3n) is 3.43. The van der Waals surface area contributed by atoms with Crippen LogP contribution in [0.5, 0.6) is 0 Å². The van der Waals surface area contributed by atoms with Crippen molar-refractivity contribution in [3.63, 3.8) is 0 Å². The molecule has 0 spiro atoms. The fraction of sp³-hybridized carbons (Fsp3) is 0.200. The van der Waals surface area contributed by atoms with Crippen molar-refractivity contribution in [3.8, 4) is 0 Å². The van der Waals surface area contributed by atoms with Gasteiger partial charge in [0, 0.05) is 11.8 Å². The number of benzene rings is 2. The van der Waals surface area contributed by atoms with Crippen LogP contribution in [0.15, 0.2) is 65.8 Å². The number of hydrogen-bond acceptors (Lipinski definition) is 2. The Labute approximate surface area is 137 Å². The molecule has 2 aromatic carbocycles. The minimum atomic E-state index is -0.213. The summed E-state index contributed by atoms with van der Waals surface area (Å²) in [6.45, 7) is 6.43. The lowest BCUT2D eigenvalue weighted by Gasteiger charge is -2.18. The molecular weight excluding hydrogens is 284 g/mol. The van der Waals surface area contributed by atoms with E-state index in [1.807, 2.05) is 60.7 Å². The van der Waals surface area contributed by atoms with E-state index in [9.17, 15) is 4.79 Å². The first kappa shape index (κ1) is 16.7. The van der Waals surface area contributed by atoms with Crippen molar-refractivity contribution in [2.75, 3.05) is 0 Å². The number of carbonyl (C=O) groups is 1. The summed E-state index contributed by atoms with van der Waals surface area (Å²) in [5.41, 5.74) is 5.48. The second-order valence-corrected chi connectivity index (χ2v) is 6.32. The lowest BCUT2D eigenvalue weighted by Crippen LogP contribution is -2.18. The largest absolute Gasteiger partial charge is 0.271 e. The molecule has 0 aromatic heterocycles. The summed E-state index contributed by atoms with van der Waals surface area (Å²) in [6, 6.07) is 17.5. The third-order valence-corrected chi connectivity index (χ3v) is 3.43. The fourth-order valence-electron chi connectivity index (χ4n) is 2.04. The van der Waals surface area contributed by atoms with Crippen LogP contribution in [0.25, 0.3) is 6.08 Å². The number of hydrogen-bond donors (Lipinski definition) is 1. The van der Waals surface area contributed by atoms with E-state index in [2.05, 4.69) is 31.3 Å². The molecule has 0 saturated carbocycles. The van der Waals surface area contributed by atoms with Gasteiger partial charge in [-0.05, 0) is 34.8 Å². The number of carbonyl (C=O) groups excluding carboxylic acids is 1. The van der Waals surface area contributed by atoms with Crippen LogP contribution in [0.1, 0.15) is 42.3 Å². The van der Waals surface area contributed by atoms with Crippen molar-refractivity contribution in [2.24, 2.45) is 5.10 Å². The van der Waals surface area contributed by atoms with Gasteiger partial charge in [0.15, 0.2) is 0 Å². The van der Waals surface area contributed by atoms with Gasteiger partial charge in [-0.3, -0.25) is 4.79 Å². The standard InChI is InChI=1S/C20H22N2O/c1-20(2,3)18-13-11-17(12-14-18)19(23)22-21-15-7-10-16-8-5-4-6-9-16/h4-15H,1-3H3,(H,22,23)/b10-7+,21-15+. The van der Waals surface area contributed by atoms with Crippen LogP contribution in [0.2, 0.25) is 0 Å². The predicted octanol–water partition coefficient (Wildman–Crippen LogP) is 4.41. The number of nitrogens with zero attached hydrogens (tertiary/aromatic N) is 1. The van der Waals surface area contributed by atoms with Gasteiger partial charge in [0.05, 0.1) is 0 Å². The number of nitrogens with one attached hydrogen (secondary N) is 1. The maximum atomic E-state index is 12.0. The van der Waals surface area contributed by atoms with Crippen molar-refractivity contribution in [2.45, 2.75) is 26.2 Å². The molecule has 0 aliphatic carbocycles. The number of amides is 1. The van der Waals surface area contributed by atoms with Gasteiger partial charge in [0.25, 0.3) is 5.91 Å². The Morgan fingerprint density at radius 3 is 2.26 bits per heavy atom. The molecule has 0 fully saturated rings. The maximum Gasteiger partial charge on any atom is 0.271 e. The second kappa shape index (κ2) is 7.54. The first-order chi connectivity index (χ1) is 11.0. The molecule has 0 atom stereocenters. The molecule has 0 heterocycles. The lowest BCUT2D eigenvalue weighted by molar-refractivity contribution is 0.0955. The summed E-state index contributed by atoms with van der Waals surface area (Å²) in [5, 5.41) is 3.92. The smallest absolute Gasteiger partial charge is 0.267 e. The average Bonchev–Trinajstić information content (AvgIpc) is 2.54. The fourth-order valence-corrected chi connectivity index (χ4v) is 2.04. The zero-order valence-electron chi connectivity index (χ0n) is 13.8. The first-order valence-corrected chi connectivity index (χ1v) is 7.62. The van der Waals surface area contributed by atoms with Gasteiger partial charge in [-0.2, -0.15) is 5.10 Å². The number of hydrazone groups is 1. The molecule has 118 valence electrons. The molecule has 1 N–H and O–H groups in total. The molecule has 3 heteroatoms. The van der Waals surface area contributed by atoms with E-state index in [1.165, 1.54) is 5.56 Å². The second-order valence-electron chi connectivity index (χ2n) is 6.32. The highest BCUT2D eigenvalue weighted by atomic mass is 16.2. The van der Waals surface area contributed by atoms with Gasteiger partial charge in [-0.15, -0.1) is 0 Å². The minimum absolute atomic E-state index is 0.0788. The maximum absolute atomic E-state index is 12.0. The number of allylic oxidation sites excluding steroid dienone is 1. The Hall–Kier alpha value is -2.68. The van der Waals surface area contributed by atoms with Gasteiger partial charge in [-0.1, -0.05) is 69.3 Å². The Bertz CT molecular complexity index is 693. The van der Waals surface area contributed by atoms with Crippen molar-refractivity contribution < 1.29 is 4.79 Å². The van der Waals surface area contributed by atoms with E-state index in [-0.39, 0.29) is 11.3 Å². The van der Waals surface area contributed by atoms with E-state index in [0.29, 0.717) is 5.56 Å². The Balaban J connectivity index is 1.89. The number of rotatable bonds is 4. The van der Waals surface area contributed by atoms with Crippen LogP contribution in [0.3, 0.4) is 0 Å². The molecule has 2 rings (SSSR count). The van der Waals surface area contributed by atoms with E-state index in [0.717, 1.165) is 5.56 Å². The molecule has 0 bridgehead atoms. The van der Waals surface area contributed by atoms with E-state index >= 15 is 0 Å². The Kier molecular flexibility index (Phi) is 5.47. The molecule has 0 saturated heterocycles. The quantitative estimate of drug-likeness (QED) is 0.659. The Morgan fingerprint density at radius 1 is 1.00 bits per heavy atom. The lowest BCUT2D eigenvalue weighted by atomic mass is 9.87. The Morgan fingerprint density at radius 2 is 1.65 bits per heavy atom. The van der Waals surface area contributed by atoms with Crippen LogP contribution < -0.4 is 5.43 Å². The van der Waals surface area contributed by atoms with Crippen molar-refractivity contribution in [1.29, 1.82) is 0 Å². The van der Waals surface area contributed by atoms with Crippen molar-refractivity contribution in [1.82, 2.24) is 5.43 Å². The van der Waals surface area contributed by atoms with Crippen LogP contribution >= 0.6 is 0 Å². The minimum Gasteiger partial charge on any atom is -0.267 e. The molecular formula is C20H22N2O. The molecule has 0 aliphatic heterocycles. The van der Waals surface area contributed by atoms with Gasteiger partial charge in [-0.25, -0.2) is 5.43 Å². The highest BCUT2D eigenvalue weighted by Crippen LogP contribution is 2.22. The molecule has 23 heavy (non-hydrogen) atoms. The summed E-state index contributed by atoms with van der Waals surface area (Å²) in [6.07, 6.45) is 5.28. The van der Waals surface area contributed by atoms with E-state index in [4.69, 9.17) is 0 Å². The van der Waals surface area contributed by atoms with Crippen molar-refractivity contribution in [3.05, 3.63) is 77.4 Å². The van der Waals surface area contributed by atoms with Crippen LogP contribution in [-0.4, -0.2) is 12.1 Å². The highest BCUT2D eigenvalue weighted by Gasteiger charge is 2.13. The molecule has 0 unspecified atom stereocenters. The van der Waals surface area contributed by atoms with Crippen LogP contribution in [-0.2, 0) is 5.41 Å².